The Morgan fingerprint density at radius 1 is 1.71 bits per heavy atom. The maximum Gasteiger partial charge on any atom is 0.231 e. The van der Waals surface area contributed by atoms with E-state index >= 15 is 0 Å². The molecule has 1 heterocycles. The lowest BCUT2D eigenvalue weighted by Gasteiger charge is -2.08. The van der Waals surface area contributed by atoms with E-state index < -0.39 is 11.3 Å². The highest BCUT2D eigenvalue weighted by Crippen LogP contribution is 2.22. The Hall–Kier alpha value is -0.490. The van der Waals surface area contributed by atoms with Crippen molar-refractivity contribution >= 4 is 22.9 Å². The van der Waals surface area contributed by atoms with Crippen molar-refractivity contribution in [1.29, 1.82) is 0 Å². The third-order valence-electron chi connectivity index (χ3n) is 1.67. The summed E-state index contributed by atoms with van der Waals surface area (Å²) < 4.78 is 21.1. The number of nitrogens with one attached hydrogen (secondary N) is 1. The van der Waals surface area contributed by atoms with Gasteiger partial charge in [0.15, 0.2) is 0 Å². The Balaban J connectivity index is 2.36. The van der Waals surface area contributed by atoms with E-state index in [1.54, 1.807) is 12.4 Å². The highest BCUT2D eigenvalue weighted by molar-refractivity contribution is 7.77. The number of aromatic nitrogens is 1. The molecule has 0 radical (unpaired) electrons. The molecule has 0 fully saturated rings. The Labute approximate surface area is 90.1 Å². The summed E-state index contributed by atoms with van der Waals surface area (Å²) in [5, 5.41) is -0.181. The van der Waals surface area contributed by atoms with Crippen LogP contribution in [0.1, 0.15) is 17.4 Å². The minimum absolute atomic E-state index is 0.181. The fourth-order valence-electron chi connectivity index (χ4n) is 1.00. The van der Waals surface area contributed by atoms with Crippen molar-refractivity contribution in [3.63, 3.8) is 0 Å². The molecule has 14 heavy (non-hydrogen) atoms. The van der Waals surface area contributed by atoms with Crippen molar-refractivity contribution in [2.24, 2.45) is 0 Å². The van der Waals surface area contributed by atoms with Crippen molar-refractivity contribution in [1.82, 2.24) is 9.71 Å². The number of alkyl halides is 1. The van der Waals surface area contributed by atoms with E-state index in [1.165, 1.54) is 0 Å². The first kappa shape index (κ1) is 11.6. The molecule has 0 amide bonds. The first-order chi connectivity index (χ1) is 6.70. The van der Waals surface area contributed by atoms with Crippen LogP contribution in [-0.2, 0) is 11.3 Å². The van der Waals surface area contributed by atoms with Gasteiger partial charge in [-0.15, -0.1) is 11.6 Å². The van der Waals surface area contributed by atoms with Gasteiger partial charge in [-0.25, -0.2) is 8.93 Å². The van der Waals surface area contributed by atoms with E-state index in [9.17, 15) is 4.21 Å². The minimum atomic E-state index is -1.96. The fourth-order valence-corrected chi connectivity index (χ4v) is 1.53. The smallest absolute Gasteiger partial charge is 0.231 e. The summed E-state index contributed by atoms with van der Waals surface area (Å²) >= 11 is 4.07. The van der Waals surface area contributed by atoms with Crippen LogP contribution >= 0.6 is 11.6 Å². The SMILES string of the molecule is O=S(O)NCCC(Cl)c1cccnc1. The zero-order valence-electron chi connectivity index (χ0n) is 7.39. The highest BCUT2D eigenvalue weighted by atomic mass is 35.5. The molecule has 0 aliphatic carbocycles. The molecule has 1 rings (SSSR count). The van der Waals surface area contributed by atoms with Gasteiger partial charge in [0, 0.05) is 18.9 Å². The van der Waals surface area contributed by atoms with Gasteiger partial charge < -0.3 is 0 Å². The molecule has 0 saturated heterocycles. The van der Waals surface area contributed by atoms with Crippen LogP contribution < -0.4 is 4.72 Å². The summed E-state index contributed by atoms with van der Waals surface area (Å²) in [6, 6.07) is 3.68. The van der Waals surface area contributed by atoms with E-state index in [0.717, 1.165) is 5.56 Å². The summed E-state index contributed by atoms with van der Waals surface area (Å²) in [4.78, 5) is 3.93. The molecule has 0 aliphatic rings. The molecule has 0 aromatic carbocycles. The Morgan fingerprint density at radius 3 is 3.07 bits per heavy atom. The van der Waals surface area contributed by atoms with E-state index in [4.69, 9.17) is 16.2 Å². The number of hydrogen-bond acceptors (Lipinski definition) is 2. The molecule has 2 unspecified atom stereocenters. The maximum absolute atomic E-state index is 10.3. The number of pyridine rings is 1. The highest BCUT2D eigenvalue weighted by Gasteiger charge is 2.07. The van der Waals surface area contributed by atoms with Gasteiger partial charge in [0.25, 0.3) is 0 Å². The predicted octanol–water partition coefficient (Wildman–Crippen LogP) is 1.48. The number of nitrogens with zero attached hydrogens (tertiary/aromatic N) is 1. The summed E-state index contributed by atoms with van der Waals surface area (Å²) in [5.74, 6) is 0. The molecule has 0 bridgehead atoms. The number of hydrogen-bond donors (Lipinski definition) is 2. The van der Waals surface area contributed by atoms with E-state index in [2.05, 4.69) is 9.71 Å². The van der Waals surface area contributed by atoms with Gasteiger partial charge in [0.2, 0.25) is 11.3 Å². The molecule has 0 saturated carbocycles. The van der Waals surface area contributed by atoms with Crippen LogP contribution in [0.3, 0.4) is 0 Å². The average molecular weight is 235 g/mol. The van der Waals surface area contributed by atoms with Crippen molar-refractivity contribution in [3.8, 4) is 0 Å². The van der Waals surface area contributed by atoms with E-state index in [1.807, 2.05) is 12.1 Å². The van der Waals surface area contributed by atoms with Gasteiger partial charge in [0.1, 0.15) is 0 Å². The third-order valence-corrected chi connectivity index (χ3v) is 2.59. The van der Waals surface area contributed by atoms with Gasteiger partial charge in [-0.3, -0.25) is 9.54 Å². The van der Waals surface area contributed by atoms with Crippen LogP contribution in [0.15, 0.2) is 24.5 Å². The zero-order chi connectivity index (χ0) is 10.4. The Morgan fingerprint density at radius 2 is 2.50 bits per heavy atom. The van der Waals surface area contributed by atoms with E-state index in [-0.39, 0.29) is 5.38 Å². The molecular formula is C8H11ClN2O2S. The van der Waals surface area contributed by atoms with Crippen molar-refractivity contribution < 1.29 is 8.76 Å². The van der Waals surface area contributed by atoms with Crippen LogP contribution in [0.5, 0.6) is 0 Å². The lowest BCUT2D eigenvalue weighted by Crippen LogP contribution is -2.18. The molecule has 1 aromatic rings. The van der Waals surface area contributed by atoms with Crippen LogP contribution in [0.4, 0.5) is 0 Å². The summed E-state index contributed by atoms with van der Waals surface area (Å²) in [5.41, 5.74) is 0.916. The molecule has 78 valence electrons. The lowest BCUT2D eigenvalue weighted by molar-refractivity contribution is 0.546. The second-order valence-corrected chi connectivity index (χ2v) is 4.00. The molecule has 1 aromatic heterocycles. The van der Waals surface area contributed by atoms with E-state index in [0.29, 0.717) is 13.0 Å². The second-order valence-electron chi connectivity index (χ2n) is 2.69. The monoisotopic (exact) mass is 234 g/mol. The summed E-state index contributed by atoms with van der Waals surface area (Å²) in [6.07, 6.45) is 3.95. The molecular weight excluding hydrogens is 224 g/mol. The molecule has 0 spiro atoms. The zero-order valence-corrected chi connectivity index (χ0v) is 8.96. The molecule has 4 nitrogen and oxygen atoms in total. The summed E-state index contributed by atoms with van der Waals surface area (Å²) in [7, 11) is 0. The van der Waals surface area contributed by atoms with Crippen LogP contribution in [-0.4, -0.2) is 20.3 Å². The van der Waals surface area contributed by atoms with Crippen LogP contribution in [0.2, 0.25) is 0 Å². The Kier molecular flexibility index (Phi) is 5.03. The molecule has 2 atom stereocenters. The average Bonchev–Trinajstić information content (AvgIpc) is 2.18. The number of rotatable bonds is 5. The predicted molar refractivity (Wildman–Crippen MR) is 56.2 cm³/mol. The van der Waals surface area contributed by atoms with Crippen molar-refractivity contribution in [2.75, 3.05) is 6.54 Å². The fraction of sp³-hybridized carbons (Fsp3) is 0.375. The standard InChI is InChI=1S/C8H11ClN2O2S/c9-8(3-5-11-14(12)13)7-2-1-4-10-6-7/h1-2,4,6,8,11H,3,5H2,(H,12,13). The normalized spacial score (nSPS) is 15.0. The van der Waals surface area contributed by atoms with Crippen LogP contribution in [0.25, 0.3) is 0 Å². The first-order valence-electron chi connectivity index (χ1n) is 4.08. The first-order valence-corrected chi connectivity index (χ1v) is 5.63. The minimum Gasteiger partial charge on any atom is -0.294 e. The maximum atomic E-state index is 10.3. The third kappa shape index (κ3) is 4.15. The van der Waals surface area contributed by atoms with Gasteiger partial charge in [0.05, 0.1) is 5.38 Å². The van der Waals surface area contributed by atoms with Gasteiger partial charge in [-0.1, -0.05) is 6.07 Å². The molecule has 0 aliphatic heterocycles. The van der Waals surface area contributed by atoms with Gasteiger partial charge in [-0.2, -0.15) is 0 Å². The summed E-state index contributed by atoms with van der Waals surface area (Å²) in [6.45, 7) is 0.395. The lowest BCUT2D eigenvalue weighted by atomic mass is 10.1. The molecule has 6 heteroatoms. The quantitative estimate of drug-likeness (QED) is 0.599. The Bertz CT molecular complexity index is 297. The van der Waals surface area contributed by atoms with Gasteiger partial charge >= 0.3 is 0 Å². The van der Waals surface area contributed by atoms with Crippen molar-refractivity contribution in [2.45, 2.75) is 11.8 Å². The number of halogens is 1. The second kappa shape index (κ2) is 6.08. The largest absolute Gasteiger partial charge is 0.294 e. The van der Waals surface area contributed by atoms with Crippen LogP contribution in [0, 0.1) is 0 Å². The van der Waals surface area contributed by atoms with Gasteiger partial charge in [-0.05, 0) is 18.1 Å². The van der Waals surface area contributed by atoms with Crippen molar-refractivity contribution in [3.05, 3.63) is 30.1 Å². The topological polar surface area (TPSA) is 62.2 Å². The molecule has 2 N–H and O–H groups in total.